The van der Waals surface area contributed by atoms with E-state index in [9.17, 15) is 41.1 Å². The lowest BCUT2D eigenvalue weighted by Crippen LogP contribution is -2.71. The Balaban J connectivity index is 1.70. The molecular weight excluding hydrogens is 505 g/mol. The molecule has 0 spiro atoms. The lowest BCUT2D eigenvalue weighted by Gasteiger charge is -2.49. The van der Waals surface area contributed by atoms with Crippen LogP contribution in [0.4, 0.5) is 13.2 Å². The van der Waals surface area contributed by atoms with Crippen LogP contribution in [0.1, 0.15) is 5.01 Å². The number of fused-ring (bicyclic) bond motifs is 1. The van der Waals surface area contributed by atoms with Crippen molar-refractivity contribution in [2.75, 3.05) is 17.3 Å². The van der Waals surface area contributed by atoms with Gasteiger partial charge in [-0.25, -0.2) is 13.2 Å². The van der Waals surface area contributed by atoms with E-state index < -0.39 is 50.3 Å². The third kappa shape index (κ3) is 4.83. The highest BCUT2D eigenvalue weighted by molar-refractivity contribution is 8.01. The zero-order valence-corrected chi connectivity index (χ0v) is 18.6. The highest BCUT2D eigenvalue weighted by Gasteiger charge is 2.55. The summed E-state index contributed by atoms with van der Waals surface area (Å²) in [5.41, 5.74) is -5.43. The Morgan fingerprint density at radius 3 is 2.58 bits per heavy atom. The molecule has 1 fully saturated rings. The molecule has 3 rings (SSSR count). The maximum atomic E-state index is 12.4. The predicted octanol–water partition coefficient (Wildman–Crippen LogP) is 0.612. The molecule has 2 aliphatic heterocycles. The Morgan fingerprint density at radius 1 is 1.35 bits per heavy atom. The molecule has 10 nitrogen and oxygen atoms in total. The first-order valence-corrected chi connectivity index (χ1v) is 12.7. The molecule has 31 heavy (non-hydrogen) atoms. The average molecular weight is 519 g/mol. The largest absolute Gasteiger partial charge is 0.497 e. The van der Waals surface area contributed by atoms with Crippen LogP contribution in [0.15, 0.2) is 15.6 Å². The van der Waals surface area contributed by atoms with Gasteiger partial charge in [-0.05, 0) is 12.5 Å². The number of aryl methyl sites for hydroxylation is 1. The summed E-state index contributed by atoms with van der Waals surface area (Å²) in [6.07, 6.45) is 0. The number of hydrogen-bond acceptors (Lipinski definition) is 10. The minimum absolute atomic E-state index is 0.189. The van der Waals surface area contributed by atoms with E-state index >= 15 is 0 Å². The van der Waals surface area contributed by atoms with Gasteiger partial charge >= 0.3 is 11.5 Å². The molecule has 1 unspecified atom stereocenters. The molecule has 0 aromatic carbocycles. The number of sulfone groups is 1. The van der Waals surface area contributed by atoms with Crippen LogP contribution in [0, 0.1) is 6.92 Å². The monoisotopic (exact) mass is 518 g/mol. The number of β-lactam (4-membered cyclic amide) rings is 1. The topological polar surface area (TPSA) is 147 Å². The molecule has 17 heteroatoms. The van der Waals surface area contributed by atoms with Crippen LogP contribution >= 0.6 is 34.9 Å². The highest BCUT2D eigenvalue weighted by atomic mass is 32.2. The van der Waals surface area contributed by atoms with Gasteiger partial charge in [0.05, 0.1) is 0 Å². The first kappa shape index (κ1) is 23.8. The minimum atomic E-state index is -5.70. The lowest BCUT2D eigenvalue weighted by molar-refractivity contribution is -0.150. The summed E-state index contributed by atoms with van der Waals surface area (Å²) >= 11 is 3.68. The van der Waals surface area contributed by atoms with Crippen molar-refractivity contribution in [3.05, 3.63) is 16.3 Å². The van der Waals surface area contributed by atoms with Crippen LogP contribution in [0.3, 0.4) is 0 Å². The van der Waals surface area contributed by atoms with Crippen LogP contribution < -0.4 is 5.32 Å². The number of nitrogens with one attached hydrogen (secondary N) is 1. The molecule has 1 aromatic rings. The van der Waals surface area contributed by atoms with Crippen molar-refractivity contribution in [2.45, 2.75) is 28.2 Å². The molecule has 3 heterocycles. The second kappa shape index (κ2) is 8.59. The maximum absolute atomic E-state index is 12.4. The quantitative estimate of drug-likeness (QED) is 0.389. The Bertz CT molecular complexity index is 1070. The van der Waals surface area contributed by atoms with Gasteiger partial charge in [0.15, 0.2) is 4.34 Å². The summed E-state index contributed by atoms with van der Waals surface area (Å²) in [4.78, 5) is 36.9. The predicted molar refractivity (Wildman–Crippen MR) is 105 cm³/mol. The standard InChI is InChI=1S/C14H13F3N4O6S4/c1-5-19-20-13(30-5)29-3-6-2-28-11-8(10(23)21(11)9(6)12(24)25)18-7(22)4-31(26,27)14(15,16)17/h8,11H,2-4H2,1H3,(H,18,22)(H,24,25)/t8?,11-/m1/s1. The van der Waals surface area contributed by atoms with Crippen LogP contribution in [-0.2, 0) is 24.2 Å². The van der Waals surface area contributed by atoms with Gasteiger partial charge in [0.25, 0.3) is 15.7 Å². The second-order valence-corrected chi connectivity index (χ2v) is 11.8. The summed E-state index contributed by atoms with van der Waals surface area (Å²) in [6.45, 7) is 1.76. The molecule has 0 aliphatic carbocycles. The summed E-state index contributed by atoms with van der Waals surface area (Å²) in [6, 6.07) is -1.32. The van der Waals surface area contributed by atoms with E-state index in [-0.39, 0.29) is 17.2 Å². The number of thioether (sulfide) groups is 2. The van der Waals surface area contributed by atoms with Gasteiger partial charge in [0, 0.05) is 11.5 Å². The Hall–Kier alpha value is -1.85. The zero-order valence-electron chi connectivity index (χ0n) is 15.4. The van der Waals surface area contributed by atoms with Crippen molar-refractivity contribution < 1.29 is 41.1 Å². The van der Waals surface area contributed by atoms with Crippen LogP contribution in [-0.4, -0.2) is 80.6 Å². The van der Waals surface area contributed by atoms with Gasteiger partial charge in [-0.15, -0.1) is 22.0 Å². The number of hydrogen-bond donors (Lipinski definition) is 2. The third-order valence-electron chi connectivity index (χ3n) is 4.12. The molecule has 2 atom stereocenters. The number of amides is 2. The van der Waals surface area contributed by atoms with E-state index in [1.807, 2.05) is 5.32 Å². The van der Waals surface area contributed by atoms with Crippen molar-refractivity contribution in [1.29, 1.82) is 0 Å². The SMILES string of the molecule is Cc1nnc(SCC2=C(C(=O)O)N3C(=O)C(NC(=O)CS(=O)(=O)C(F)(F)F)[C@H]3SC2)s1. The molecule has 1 aromatic heterocycles. The van der Waals surface area contributed by atoms with Crippen molar-refractivity contribution in [2.24, 2.45) is 0 Å². The van der Waals surface area contributed by atoms with Gasteiger partial charge in [-0.3, -0.25) is 14.5 Å². The molecule has 0 radical (unpaired) electrons. The molecule has 2 N–H and O–H groups in total. The van der Waals surface area contributed by atoms with Gasteiger partial charge in [0.2, 0.25) is 5.91 Å². The number of carboxylic acids is 1. The normalized spacial score (nSPS) is 21.5. The van der Waals surface area contributed by atoms with Crippen LogP contribution in [0.25, 0.3) is 0 Å². The fraction of sp³-hybridized carbons (Fsp3) is 0.500. The first-order chi connectivity index (χ1) is 14.3. The summed E-state index contributed by atoms with van der Waals surface area (Å²) in [5, 5.41) is 19.2. The summed E-state index contributed by atoms with van der Waals surface area (Å²) < 4.78 is 60.1. The van der Waals surface area contributed by atoms with Crippen LogP contribution in [0.5, 0.6) is 0 Å². The molecule has 0 bridgehead atoms. The number of nitrogens with zero attached hydrogens (tertiary/aromatic N) is 3. The molecule has 2 aliphatic rings. The van der Waals surface area contributed by atoms with Crippen molar-refractivity contribution in [3.63, 3.8) is 0 Å². The molecule has 1 saturated heterocycles. The Kier molecular flexibility index (Phi) is 6.60. The molecule has 2 amide bonds. The second-order valence-electron chi connectivity index (χ2n) is 6.29. The van der Waals surface area contributed by atoms with E-state index in [0.717, 1.165) is 21.7 Å². The summed E-state index contributed by atoms with van der Waals surface area (Å²) in [7, 11) is -5.70. The number of aliphatic carboxylic acids is 1. The highest BCUT2D eigenvalue weighted by Crippen LogP contribution is 2.41. The van der Waals surface area contributed by atoms with Gasteiger partial charge < -0.3 is 10.4 Å². The van der Waals surface area contributed by atoms with Crippen molar-refractivity contribution in [3.8, 4) is 0 Å². The Morgan fingerprint density at radius 2 is 2.03 bits per heavy atom. The minimum Gasteiger partial charge on any atom is -0.477 e. The molecular formula is C14H13F3N4O6S4. The van der Waals surface area contributed by atoms with E-state index in [0.29, 0.717) is 9.91 Å². The van der Waals surface area contributed by atoms with E-state index in [1.165, 1.54) is 23.1 Å². The third-order valence-corrected chi connectivity index (χ3v) is 8.86. The van der Waals surface area contributed by atoms with Crippen molar-refractivity contribution in [1.82, 2.24) is 20.4 Å². The fourth-order valence-electron chi connectivity index (χ4n) is 2.75. The number of alkyl halides is 3. The molecule has 170 valence electrons. The molecule has 0 saturated carbocycles. The number of rotatable bonds is 7. The van der Waals surface area contributed by atoms with Gasteiger partial charge in [-0.2, -0.15) is 13.2 Å². The van der Waals surface area contributed by atoms with Gasteiger partial charge in [0.1, 0.15) is 27.9 Å². The van der Waals surface area contributed by atoms with Crippen LogP contribution in [0.2, 0.25) is 0 Å². The first-order valence-electron chi connectivity index (χ1n) is 8.23. The number of carbonyl (C=O) groups excluding carboxylic acids is 2. The number of aromatic nitrogens is 2. The van der Waals surface area contributed by atoms with E-state index in [2.05, 4.69) is 10.2 Å². The van der Waals surface area contributed by atoms with Gasteiger partial charge in [-0.1, -0.05) is 23.1 Å². The lowest BCUT2D eigenvalue weighted by atomic mass is 10.0. The van der Waals surface area contributed by atoms with E-state index in [4.69, 9.17) is 0 Å². The van der Waals surface area contributed by atoms with Crippen molar-refractivity contribution >= 4 is 62.5 Å². The summed E-state index contributed by atoms with van der Waals surface area (Å²) in [5.74, 6) is -5.16. The van der Waals surface area contributed by atoms with E-state index in [1.54, 1.807) is 6.92 Å². The number of halogens is 3. The smallest absolute Gasteiger partial charge is 0.477 e. The fourth-order valence-corrected chi connectivity index (χ4v) is 6.64. The maximum Gasteiger partial charge on any atom is 0.497 e. The zero-order chi connectivity index (χ0) is 23.1. The average Bonchev–Trinajstić information content (AvgIpc) is 3.07. The number of carbonyl (C=O) groups is 3. The Labute approximate surface area is 185 Å². The number of carboxylic acid groups (broad SMARTS) is 1.